The third kappa shape index (κ3) is 5.23. The summed E-state index contributed by atoms with van der Waals surface area (Å²) in [6.45, 7) is 2.51. The van der Waals surface area contributed by atoms with Gasteiger partial charge in [0.15, 0.2) is 11.5 Å². The molecule has 184 valence electrons. The van der Waals surface area contributed by atoms with Crippen molar-refractivity contribution in [2.75, 3.05) is 37.5 Å². The van der Waals surface area contributed by atoms with Crippen LogP contribution in [0.1, 0.15) is 15.9 Å². The van der Waals surface area contributed by atoms with Crippen molar-refractivity contribution in [3.63, 3.8) is 0 Å². The molecular weight excluding hydrogens is 496 g/mol. The number of nitrogens with one attached hydrogen (secondary N) is 2. The molecule has 3 aromatic carbocycles. The van der Waals surface area contributed by atoms with Crippen LogP contribution in [0.4, 0.5) is 11.4 Å². The van der Waals surface area contributed by atoms with E-state index in [1.807, 2.05) is 0 Å². The summed E-state index contributed by atoms with van der Waals surface area (Å²) in [7, 11) is -1.26. The molecule has 11 heteroatoms. The van der Waals surface area contributed by atoms with E-state index in [-0.39, 0.29) is 26.9 Å². The fourth-order valence-electron chi connectivity index (χ4n) is 3.49. The number of hydrogen-bond donors (Lipinski definition) is 2. The van der Waals surface area contributed by atoms with Crippen molar-refractivity contribution >= 4 is 38.9 Å². The third-order valence-electron chi connectivity index (χ3n) is 5.26. The van der Waals surface area contributed by atoms with Crippen molar-refractivity contribution in [2.24, 2.45) is 0 Å². The maximum absolute atomic E-state index is 13.2. The largest absolute Gasteiger partial charge is 0.495 e. The van der Waals surface area contributed by atoms with Crippen LogP contribution in [0, 0.1) is 6.92 Å². The lowest BCUT2D eigenvalue weighted by Gasteiger charge is -2.19. The number of aryl methyl sites for hydroxylation is 1. The number of anilines is 2. The number of amides is 1. The van der Waals surface area contributed by atoms with Crippen LogP contribution in [0.15, 0.2) is 53.4 Å². The molecule has 0 unspecified atom stereocenters. The molecule has 0 spiro atoms. The highest BCUT2D eigenvalue weighted by Crippen LogP contribution is 2.37. The summed E-state index contributed by atoms with van der Waals surface area (Å²) in [6, 6.07) is 12.3. The molecule has 0 aromatic heterocycles. The molecule has 1 aliphatic heterocycles. The van der Waals surface area contributed by atoms with Gasteiger partial charge in [0.25, 0.3) is 15.9 Å². The average Bonchev–Trinajstić information content (AvgIpc) is 2.84. The lowest BCUT2D eigenvalue weighted by molar-refractivity contribution is 0.102. The molecule has 9 nitrogen and oxygen atoms in total. The first-order valence-electron chi connectivity index (χ1n) is 10.5. The Bertz CT molecular complexity index is 1390. The summed E-state index contributed by atoms with van der Waals surface area (Å²) >= 11 is 6.17. The Morgan fingerprint density at radius 1 is 0.943 bits per heavy atom. The van der Waals surface area contributed by atoms with E-state index in [0.717, 1.165) is 0 Å². The van der Waals surface area contributed by atoms with Crippen molar-refractivity contribution < 1.29 is 32.2 Å². The van der Waals surface area contributed by atoms with E-state index in [4.69, 9.17) is 30.5 Å². The van der Waals surface area contributed by atoms with Gasteiger partial charge in [-0.3, -0.25) is 9.52 Å². The van der Waals surface area contributed by atoms with Gasteiger partial charge in [0.1, 0.15) is 24.7 Å². The Labute approximate surface area is 208 Å². The second kappa shape index (κ2) is 9.93. The van der Waals surface area contributed by atoms with E-state index in [1.165, 1.54) is 32.4 Å². The summed E-state index contributed by atoms with van der Waals surface area (Å²) in [5.41, 5.74) is 1.22. The molecule has 0 fully saturated rings. The predicted octanol–water partition coefficient (Wildman–Crippen LogP) is 4.49. The molecule has 1 amide bonds. The van der Waals surface area contributed by atoms with E-state index in [2.05, 4.69) is 10.0 Å². The first kappa shape index (κ1) is 24.5. The highest BCUT2D eigenvalue weighted by Gasteiger charge is 2.22. The second-order valence-corrected chi connectivity index (χ2v) is 9.64. The van der Waals surface area contributed by atoms with E-state index < -0.39 is 15.9 Å². The van der Waals surface area contributed by atoms with E-state index in [0.29, 0.717) is 41.7 Å². The van der Waals surface area contributed by atoms with Gasteiger partial charge in [0.05, 0.1) is 29.8 Å². The number of sulfonamides is 1. The van der Waals surface area contributed by atoms with Gasteiger partial charge in [-0.2, -0.15) is 0 Å². The molecule has 0 bridgehead atoms. The van der Waals surface area contributed by atoms with Gasteiger partial charge in [-0.15, -0.1) is 0 Å². The third-order valence-corrected chi connectivity index (χ3v) is 7.06. The molecule has 0 saturated carbocycles. The lowest BCUT2D eigenvalue weighted by atomic mass is 10.1. The molecule has 1 heterocycles. The standard InChI is InChI=1S/C24H23ClN2O7S/c1-14-4-5-15(24(28)26-16-6-7-19-22(11-16)34-9-8-33-19)10-23(14)35(29,30)27-18-12-17(25)20(31-2)13-21(18)32-3/h4-7,10-13,27H,8-9H2,1-3H3,(H,26,28). The van der Waals surface area contributed by atoms with Gasteiger partial charge < -0.3 is 24.3 Å². The Kier molecular flexibility index (Phi) is 6.95. The zero-order valence-corrected chi connectivity index (χ0v) is 20.7. The fraction of sp³-hybridized carbons (Fsp3) is 0.208. The van der Waals surface area contributed by atoms with Gasteiger partial charge in [0, 0.05) is 23.4 Å². The average molecular weight is 519 g/mol. The van der Waals surface area contributed by atoms with Gasteiger partial charge in [-0.05, 0) is 42.8 Å². The van der Waals surface area contributed by atoms with Crippen molar-refractivity contribution in [2.45, 2.75) is 11.8 Å². The first-order chi connectivity index (χ1) is 16.7. The van der Waals surface area contributed by atoms with Crippen molar-refractivity contribution in [3.8, 4) is 23.0 Å². The van der Waals surface area contributed by atoms with Gasteiger partial charge in [0.2, 0.25) is 0 Å². The minimum Gasteiger partial charge on any atom is -0.495 e. The molecule has 0 radical (unpaired) electrons. The summed E-state index contributed by atoms with van der Waals surface area (Å²) in [6.07, 6.45) is 0. The van der Waals surface area contributed by atoms with Crippen LogP contribution in [0.3, 0.4) is 0 Å². The van der Waals surface area contributed by atoms with Gasteiger partial charge >= 0.3 is 0 Å². The minimum absolute atomic E-state index is 0.0682. The Morgan fingerprint density at radius 2 is 1.66 bits per heavy atom. The summed E-state index contributed by atoms with van der Waals surface area (Å²) in [5.74, 6) is 1.19. The Morgan fingerprint density at radius 3 is 2.37 bits per heavy atom. The number of carbonyl (C=O) groups excluding carboxylic acids is 1. The van der Waals surface area contributed by atoms with Crippen LogP contribution < -0.4 is 29.0 Å². The predicted molar refractivity (Wildman–Crippen MR) is 132 cm³/mol. The molecular formula is C24H23ClN2O7S. The van der Waals surface area contributed by atoms with Gasteiger partial charge in [-0.1, -0.05) is 17.7 Å². The second-order valence-electron chi connectivity index (χ2n) is 7.59. The lowest BCUT2D eigenvalue weighted by Crippen LogP contribution is -2.18. The zero-order valence-electron chi connectivity index (χ0n) is 19.2. The number of fused-ring (bicyclic) bond motifs is 1. The minimum atomic E-state index is -4.10. The van der Waals surface area contributed by atoms with E-state index >= 15 is 0 Å². The number of ether oxygens (including phenoxy) is 4. The highest BCUT2D eigenvalue weighted by molar-refractivity contribution is 7.92. The molecule has 2 N–H and O–H groups in total. The van der Waals surface area contributed by atoms with Crippen molar-refractivity contribution in [1.82, 2.24) is 0 Å². The highest BCUT2D eigenvalue weighted by atomic mass is 35.5. The smallest absolute Gasteiger partial charge is 0.262 e. The Hall–Kier alpha value is -3.63. The SMILES string of the molecule is COc1cc(OC)c(NS(=O)(=O)c2cc(C(=O)Nc3ccc4c(c3)OCCO4)ccc2C)cc1Cl. The summed E-state index contributed by atoms with van der Waals surface area (Å²) in [5, 5.41) is 2.96. The van der Waals surface area contributed by atoms with Crippen LogP contribution in [-0.4, -0.2) is 41.8 Å². The molecule has 1 aliphatic rings. The monoisotopic (exact) mass is 518 g/mol. The summed E-state index contributed by atoms with van der Waals surface area (Å²) in [4.78, 5) is 12.8. The molecule has 0 atom stereocenters. The van der Waals surface area contributed by atoms with Crippen LogP contribution in [-0.2, 0) is 10.0 Å². The van der Waals surface area contributed by atoms with E-state index in [1.54, 1.807) is 37.3 Å². The van der Waals surface area contributed by atoms with Crippen molar-refractivity contribution in [3.05, 3.63) is 64.7 Å². The number of carbonyl (C=O) groups is 1. The van der Waals surface area contributed by atoms with Crippen LogP contribution in [0.25, 0.3) is 0 Å². The topological polar surface area (TPSA) is 112 Å². The first-order valence-corrected chi connectivity index (χ1v) is 12.3. The normalized spacial score (nSPS) is 12.6. The number of hydrogen-bond acceptors (Lipinski definition) is 7. The van der Waals surface area contributed by atoms with E-state index in [9.17, 15) is 13.2 Å². The zero-order chi connectivity index (χ0) is 25.2. The summed E-state index contributed by atoms with van der Waals surface area (Å²) < 4.78 is 50.4. The van der Waals surface area contributed by atoms with Crippen LogP contribution in [0.2, 0.25) is 5.02 Å². The number of halogens is 1. The van der Waals surface area contributed by atoms with Gasteiger partial charge in [-0.25, -0.2) is 8.42 Å². The molecule has 4 rings (SSSR count). The molecule has 0 saturated heterocycles. The van der Waals surface area contributed by atoms with Crippen molar-refractivity contribution in [1.29, 1.82) is 0 Å². The molecule has 35 heavy (non-hydrogen) atoms. The fourth-order valence-corrected chi connectivity index (χ4v) is 5.07. The van der Waals surface area contributed by atoms with Crippen LogP contribution >= 0.6 is 11.6 Å². The number of methoxy groups -OCH3 is 2. The number of rotatable bonds is 7. The quantitative estimate of drug-likeness (QED) is 0.474. The molecule has 0 aliphatic carbocycles. The Balaban J connectivity index is 1.60. The number of benzene rings is 3. The molecule has 3 aromatic rings. The maximum Gasteiger partial charge on any atom is 0.262 e. The van der Waals surface area contributed by atoms with Crippen LogP contribution in [0.5, 0.6) is 23.0 Å². The maximum atomic E-state index is 13.2.